The lowest BCUT2D eigenvalue weighted by Gasteiger charge is -2.36. The first-order valence-corrected chi connectivity index (χ1v) is 6.13. The Morgan fingerprint density at radius 2 is 2.00 bits per heavy atom. The largest absolute Gasteiger partial charge is 0.353 e. The van der Waals surface area contributed by atoms with Gasteiger partial charge in [0.25, 0.3) is 0 Å². The highest BCUT2D eigenvalue weighted by atomic mass is 32.1. The number of hydrogen-bond acceptors (Lipinski definition) is 3. The highest BCUT2D eigenvalue weighted by molar-refractivity contribution is 7.81. The molecule has 1 saturated carbocycles. The summed E-state index contributed by atoms with van der Waals surface area (Å²) in [7, 11) is 4.20. The second kappa shape index (κ2) is 5.21. The lowest BCUT2D eigenvalue weighted by atomic mass is 9.96. The Bertz CT molecular complexity index is 223. The third kappa shape index (κ3) is 3.11. The van der Waals surface area contributed by atoms with Crippen LogP contribution in [0.2, 0.25) is 0 Å². The Balaban J connectivity index is 2.50. The second-order valence-electron chi connectivity index (χ2n) is 4.72. The first-order valence-electron chi connectivity index (χ1n) is 5.61. The summed E-state index contributed by atoms with van der Waals surface area (Å²) in [6.45, 7) is 2.55. The van der Waals surface area contributed by atoms with Crippen LogP contribution >= 0.6 is 12.6 Å². The van der Waals surface area contributed by atoms with Crippen LogP contribution in [0.3, 0.4) is 0 Å². The van der Waals surface area contributed by atoms with E-state index in [0.29, 0.717) is 0 Å². The van der Waals surface area contributed by atoms with Crippen LogP contribution in [0.15, 0.2) is 0 Å². The summed E-state index contributed by atoms with van der Waals surface area (Å²) in [6.07, 6.45) is 4.90. The highest BCUT2D eigenvalue weighted by Crippen LogP contribution is 2.33. The van der Waals surface area contributed by atoms with Crippen LogP contribution in [0.25, 0.3) is 0 Å². The summed E-state index contributed by atoms with van der Waals surface area (Å²) >= 11 is 4.12. The van der Waals surface area contributed by atoms with Gasteiger partial charge < -0.3 is 10.2 Å². The van der Waals surface area contributed by atoms with E-state index < -0.39 is 0 Å². The van der Waals surface area contributed by atoms with Crippen molar-refractivity contribution in [1.82, 2.24) is 10.2 Å². The van der Waals surface area contributed by atoms with E-state index in [4.69, 9.17) is 0 Å². The fourth-order valence-corrected chi connectivity index (χ4v) is 2.31. The Hall–Kier alpha value is -0.220. The predicted molar refractivity (Wildman–Crippen MR) is 66.3 cm³/mol. The van der Waals surface area contributed by atoms with Crippen LogP contribution in [0, 0.1) is 0 Å². The first-order chi connectivity index (χ1) is 6.98. The van der Waals surface area contributed by atoms with E-state index in [1.54, 1.807) is 6.92 Å². The van der Waals surface area contributed by atoms with E-state index in [1.165, 1.54) is 25.7 Å². The van der Waals surface area contributed by atoms with Gasteiger partial charge in [-0.25, -0.2) is 0 Å². The number of rotatable bonds is 4. The Kier molecular flexibility index (Phi) is 4.46. The summed E-state index contributed by atoms with van der Waals surface area (Å²) < 4.78 is 0. The number of carbonyl (C=O) groups excluding carboxylic acids is 1. The molecule has 1 rings (SSSR count). The number of carbonyl (C=O) groups is 1. The molecule has 0 spiro atoms. The van der Waals surface area contributed by atoms with Crippen molar-refractivity contribution in [1.29, 1.82) is 0 Å². The molecule has 0 heterocycles. The molecular formula is C11H22N2OS. The molecule has 0 radical (unpaired) electrons. The molecule has 15 heavy (non-hydrogen) atoms. The molecule has 0 aromatic heterocycles. The van der Waals surface area contributed by atoms with Gasteiger partial charge >= 0.3 is 0 Å². The minimum Gasteiger partial charge on any atom is -0.353 e. The van der Waals surface area contributed by atoms with Gasteiger partial charge in [-0.05, 0) is 33.9 Å². The van der Waals surface area contributed by atoms with E-state index in [0.717, 1.165) is 6.54 Å². The van der Waals surface area contributed by atoms with E-state index in [2.05, 4.69) is 36.9 Å². The van der Waals surface area contributed by atoms with Crippen molar-refractivity contribution in [2.24, 2.45) is 0 Å². The minimum absolute atomic E-state index is 0.0338. The smallest absolute Gasteiger partial charge is 0.232 e. The molecule has 88 valence electrons. The molecule has 1 atom stereocenters. The van der Waals surface area contributed by atoms with Gasteiger partial charge in [0.05, 0.1) is 5.25 Å². The number of amides is 1. The lowest BCUT2D eigenvalue weighted by molar-refractivity contribution is -0.120. The average Bonchev–Trinajstić information content (AvgIpc) is 2.63. The molecule has 3 nitrogen and oxygen atoms in total. The normalized spacial score (nSPS) is 21.7. The number of thiol groups is 1. The maximum atomic E-state index is 11.5. The number of likely N-dealkylation sites (N-methyl/N-ethyl adjacent to an activating group) is 1. The predicted octanol–water partition coefficient (Wildman–Crippen LogP) is 1.30. The number of nitrogens with one attached hydrogen (secondary N) is 1. The van der Waals surface area contributed by atoms with E-state index in [9.17, 15) is 4.79 Å². The van der Waals surface area contributed by atoms with Crippen molar-refractivity contribution in [3.63, 3.8) is 0 Å². The monoisotopic (exact) mass is 230 g/mol. The zero-order valence-corrected chi connectivity index (χ0v) is 10.8. The van der Waals surface area contributed by atoms with E-state index in [1.807, 2.05) is 0 Å². The number of nitrogens with zero attached hydrogens (tertiary/aromatic N) is 1. The third-order valence-corrected chi connectivity index (χ3v) is 3.69. The molecule has 0 aromatic rings. The van der Waals surface area contributed by atoms with Crippen LogP contribution in [0.1, 0.15) is 32.6 Å². The fraction of sp³-hybridized carbons (Fsp3) is 0.909. The molecule has 0 saturated heterocycles. The molecular weight excluding hydrogens is 208 g/mol. The van der Waals surface area contributed by atoms with Gasteiger partial charge in [0.15, 0.2) is 0 Å². The maximum Gasteiger partial charge on any atom is 0.232 e. The highest BCUT2D eigenvalue weighted by Gasteiger charge is 2.36. The molecule has 1 unspecified atom stereocenters. The van der Waals surface area contributed by atoms with Crippen LogP contribution in [0.5, 0.6) is 0 Å². The number of hydrogen-bond donors (Lipinski definition) is 2. The van der Waals surface area contributed by atoms with Crippen molar-refractivity contribution in [2.75, 3.05) is 20.6 Å². The minimum atomic E-state index is -0.217. The van der Waals surface area contributed by atoms with Crippen LogP contribution < -0.4 is 5.32 Å². The molecule has 1 aliphatic carbocycles. The third-order valence-electron chi connectivity index (χ3n) is 3.45. The second-order valence-corrected chi connectivity index (χ2v) is 5.49. The summed E-state index contributed by atoms with van der Waals surface area (Å²) in [5.74, 6) is 0.0338. The maximum absolute atomic E-state index is 11.5. The average molecular weight is 230 g/mol. The fourth-order valence-electron chi connectivity index (χ4n) is 2.21. The van der Waals surface area contributed by atoms with Crippen LogP contribution in [-0.4, -0.2) is 42.2 Å². The van der Waals surface area contributed by atoms with Gasteiger partial charge in [-0.2, -0.15) is 12.6 Å². The van der Waals surface area contributed by atoms with Crippen LogP contribution in [0.4, 0.5) is 0 Å². The molecule has 1 N–H and O–H groups in total. The van der Waals surface area contributed by atoms with Crippen molar-refractivity contribution in [3.05, 3.63) is 0 Å². The summed E-state index contributed by atoms with van der Waals surface area (Å²) in [5, 5.41) is 2.77. The van der Waals surface area contributed by atoms with Gasteiger partial charge in [-0.1, -0.05) is 12.8 Å². The van der Waals surface area contributed by atoms with Gasteiger partial charge in [-0.15, -0.1) is 0 Å². The topological polar surface area (TPSA) is 32.3 Å². The molecule has 0 aromatic carbocycles. The van der Waals surface area contributed by atoms with E-state index in [-0.39, 0.29) is 16.7 Å². The SMILES string of the molecule is CC(S)C(=O)NCC1(N(C)C)CCCC1. The molecule has 0 bridgehead atoms. The Morgan fingerprint density at radius 3 is 2.40 bits per heavy atom. The molecule has 1 fully saturated rings. The summed E-state index contributed by atoms with van der Waals surface area (Å²) in [4.78, 5) is 13.7. The molecule has 1 aliphatic rings. The Labute approximate surface area is 98.0 Å². The zero-order valence-electron chi connectivity index (χ0n) is 9.92. The van der Waals surface area contributed by atoms with Crippen molar-refractivity contribution in [3.8, 4) is 0 Å². The standard InChI is InChI=1S/C11H22N2OS/c1-9(15)10(14)12-8-11(13(2)3)6-4-5-7-11/h9,15H,4-8H2,1-3H3,(H,12,14). The zero-order chi connectivity index (χ0) is 11.5. The first kappa shape index (κ1) is 12.8. The van der Waals surface area contributed by atoms with Crippen molar-refractivity contribution >= 4 is 18.5 Å². The molecule has 4 heteroatoms. The molecule has 1 amide bonds. The van der Waals surface area contributed by atoms with Crippen molar-refractivity contribution in [2.45, 2.75) is 43.4 Å². The Morgan fingerprint density at radius 1 is 1.47 bits per heavy atom. The van der Waals surface area contributed by atoms with Gasteiger partial charge in [0.1, 0.15) is 0 Å². The quantitative estimate of drug-likeness (QED) is 0.714. The summed E-state index contributed by atoms with van der Waals surface area (Å²) in [5.41, 5.74) is 0.179. The van der Waals surface area contributed by atoms with E-state index >= 15 is 0 Å². The summed E-state index contributed by atoms with van der Waals surface area (Å²) in [6, 6.07) is 0. The van der Waals surface area contributed by atoms with Crippen LogP contribution in [-0.2, 0) is 4.79 Å². The lowest BCUT2D eigenvalue weighted by Crippen LogP contribution is -2.51. The van der Waals surface area contributed by atoms with Gasteiger partial charge in [-0.3, -0.25) is 4.79 Å². The van der Waals surface area contributed by atoms with Gasteiger partial charge in [0.2, 0.25) is 5.91 Å². The van der Waals surface area contributed by atoms with Crippen molar-refractivity contribution < 1.29 is 4.79 Å². The molecule has 0 aliphatic heterocycles. The van der Waals surface area contributed by atoms with Gasteiger partial charge in [0, 0.05) is 12.1 Å².